The third-order valence-corrected chi connectivity index (χ3v) is 6.77. The molecule has 0 radical (unpaired) electrons. The van der Waals surface area contributed by atoms with Crippen LogP contribution >= 0.6 is 11.6 Å². The molecule has 1 heterocycles. The Balaban J connectivity index is 1.60. The average molecular weight is 437 g/mol. The Morgan fingerprint density at radius 3 is 2.41 bits per heavy atom. The zero-order valence-electron chi connectivity index (χ0n) is 16.4. The lowest BCUT2D eigenvalue weighted by Crippen LogP contribution is -2.52. The number of hydrogen-bond donors (Lipinski definition) is 2. The first-order valence-corrected chi connectivity index (χ1v) is 11.3. The van der Waals surface area contributed by atoms with E-state index in [1.807, 2.05) is 31.2 Å². The molecule has 2 amide bonds. The summed E-state index contributed by atoms with van der Waals surface area (Å²) in [4.78, 5) is 16.8. The highest BCUT2D eigenvalue weighted by Crippen LogP contribution is 2.26. The molecule has 1 atom stereocenters. The number of halogens is 1. The summed E-state index contributed by atoms with van der Waals surface area (Å²) in [5.41, 5.74) is 1.70. The fraction of sp³-hybridized carbons (Fsp3) is 0.350. The predicted molar refractivity (Wildman–Crippen MR) is 115 cm³/mol. The van der Waals surface area contributed by atoms with E-state index in [4.69, 9.17) is 11.6 Å². The van der Waals surface area contributed by atoms with Gasteiger partial charge in [0.1, 0.15) is 0 Å². The minimum Gasteiger partial charge on any atom is -0.367 e. The van der Waals surface area contributed by atoms with E-state index >= 15 is 0 Å². The first-order valence-electron chi connectivity index (χ1n) is 9.40. The SMILES string of the molecule is CNS(=O)(=O)c1cccc(C(C)NC(=O)N2CCN(c3ccccc3Cl)CC2)c1. The van der Waals surface area contributed by atoms with Crippen molar-refractivity contribution in [3.05, 3.63) is 59.1 Å². The van der Waals surface area contributed by atoms with Gasteiger partial charge in [-0.05, 0) is 43.8 Å². The standard InChI is InChI=1S/C20H25ClN4O3S/c1-15(16-6-5-7-17(14-16)29(27,28)22-2)23-20(26)25-12-10-24(11-13-25)19-9-4-3-8-18(19)21/h3-9,14-15,22H,10-13H2,1-2H3,(H,23,26). The molecule has 0 saturated carbocycles. The molecule has 0 aliphatic carbocycles. The topological polar surface area (TPSA) is 81.8 Å². The molecule has 2 aromatic carbocycles. The van der Waals surface area contributed by atoms with E-state index in [2.05, 4.69) is 14.9 Å². The van der Waals surface area contributed by atoms with Gasteiger partial charge in [0.2, 0.25) is 10.0 Å². The first-order chi connectivity index (χ1) is 13.8. The monoisotopic (exact) mass is 436 g/mol. The molecule has 7 nitrogen and oxygen atoms in total. The Hall–Kier alpha value is -2.29. The summed E-state index contributed by atoms with van der Waals surface area (Å²) < 4.78 is 26.3. The van der Waals surface area contributed by atoms with E-state index in [9.17, 15) is 13.2 Å². The third kappa shape index (κ3) is 5.01. The maximum absolute atomic E-state index is 12.7. The third-order valence-electron chi connectivity index (χ3n) is 5.04. The van der Waals surface area contributed by atoms with Gasteiger partial charge < -0.3 is 15.1 Å². The predicted octanol–water partition coefficient (Wildman–Crippen LogP) is 2.84. The van der Waals surface area contributed by atoms with Crippen LogP contribution in [0.1, 0.15) is 18.5 Å². The number of hydrogen-bond acceptors (Lipinski definition) is 4. The number of rotatable bonds is 5. The van der Waals surface area contributed by atoms with Crippen LogP contribution in [0.5, 0.6) is 0 Å². The van der Waals surface area contributed by atoms with Crippen LogP contribution in [0.4, 0.5) is 10.5 Å². The summed E-state index contributed by atoms with van der Waals surface area (Å²) in [6.07, 6.45) is 0. The molecule has 1 unspecified atom stereocenters. The summed E-state index contributed by atoms with van der Waals surface area (Å²) in [6, 6.07) is 13.8. The van der Waals surface area contributed by atoms with Crippen LogP contribution in [-0.2, 0) is 10.0 Å². The van der Waals surface area contributed by atoms with E-state index in [-0.39, 0.29) is 17.0 Å². The molecule has 29 heavy (non-hydrogen) atoms. The molecular weight excluding hydrogens is 412 g/mol. The summed E-state index contributed by atoms with van der Waals surface area (Å²) in [5.74, 6) is 0. The van der Waals surface area contributed by atoms with Crippen LogP contribution in [0, 0.1) is 0 Å². The number of anilines is 1. The van der Waals surface area contributed by atoms with Crippen LogP contribution in [0.15, 0.2) is 53.4 Å². The number of benzene rings is 2. The molecule has 1 aliphatic rings. The van der Waals surface area contributed by atoms with Crippen molar-refractivity contribution >= 4 is 33.3 Å². The second-order valence-corrected chi connectivity index (χ2v) is 9.17. The molecule has 156 valence electrons. The van der Waals surface area contributed by atoms with Crippen molar-refractivity contribution < 1.29 is 13.2 Å². The van der Waals surface area contributed by atoms with E-state index < -0.39 is 10.0 Å². The van der Waals surface area contributed by atoms with E-state index in [1.54, 1.807) is 23.1 Å². The molecule has 0 bridgehead atoms. The fourth-order valence-electron chi connectivity index (χ4n) is 3.29. The number of piperazine rings is 1. The van der Waals surface area contributed by atoms with Gasteiger partial charge in [0, 0.05) is 26.2 Å². The van der Waals surface area contributed by atoms with Crippen LogP contribution in [0.25, 0.3) is 0 Å². The first kappa shape index (κ1) is 21.4. The van der Waals surface area contributed by atoms with Gasteiger partial charge in [-0.2, -0.15) is 0 Å². The smallest absolute Gasteiger partial charge is 0.317 e. The van der Waals surface area contributed by atoms with Crippen molar-refractivity contribution in [1.82, 2.24) is 14.9 Å². The maximum atomic E-state index is 12.7. The highest BCUT2D eigenvalue weighted by atomic mass is 35.5. The van der Waals surface area contributed by atoms with E-state index in [1.165, 1.54) is 13.1 Å². The zero-order valence-corrected chi connectivity index (χ0v) is 18.0. The quantitative estimate of drug-likeness (QED) is 0.755. The summed E-state index contributed by atoms with van der Waals surface area (Å²) in [6.45, 7) is 4.39. The zero-order chi connectivity index (χ0) is 21.0. The number of para-hydroxylation sites is 1. The van der Waals surface area contributed by atoms with Crippen LogP contribution in [-0.4, -0.2) is 52.6 Å². The van der Waals surface area contributed by atoms with Gasteiger partial charge in [-0.3, -0.25) is 0 Å². The van der Waals surface area contributed by atoms with E-state index in [0.717, 1.165) is 11.3 Å². The van der Waals surface area contributed by atoms with Crippen molar-refractivity contribution in [2.45, 2.75) is 17.9 Å². The number of sulfonamides is 1. The molecule has 2 N–H and O–H groups in total. The second kappa shape index (κ2) is 9.02. The molecule has 1 saturated heterocycles. The molecule has 9 heteroatoms. The highest BCUT2D eigenvalue weighted by molar-refractivity contribution is 7.89. The fourth-order valence-corrected chi connectivity index (χ4v) is 4.33. The van der Waals surface area contributed by atoms with Crippen LogP contribution < -0.4 is 14.9 Å². The number of nitrogens with zero attached hydrogens (tertiary/aromatic N) is 2. The normalized spacial score (nSPS) is 15.8. The lowest BCUT2D eigenvalue weighted by atomic mass is 10.1. The molecule has 0 spiro atoms. The number of carbonyl (C=O) groups is 1. The van der Waals surface area contributed by atoms with E-state index in [0.29, 0.717) is 31.2 Å². The minimum absolute atomic E-state index is 0.168. The van der Waals surface area contributed by atoms with Crippen molar-refractivity contribution in [1.29, 1.82) is 0 Å². The van der Waals surface area contributed by atoms with Gasteiger partial charge in [0.25, 0.3) is 0 Å². The average Bonchev–Trinajstić information content (AvgIpc) is 2.74. The molecule has 1 aliphatic heterocycles. The molecule has 0 aromatic heterocycles. The highest BCUT2D eigenvalue weighted by Gasteiger charge is 2.24. The largest absolute Gasteiger partial charge is 0.367 e. The van der Waals surface area contributed by atoms with Crippen LogP contribution in [0.3, 0.4) is 0 Å². The maximum Gasteiger partial charge on any atom is 0.317 e. The summed E-state index contributed by atoms with van der Waals surface area (Å²) >= 11 is 6.27. The molecule has 3 rings (SSSR count). The van der Waals surface area contributed by atoms with Gasteiger partial charge in [0.15, 0.2) is 0 Å². The Labute approximate surface area is 176 Å². The van der Waals surface area contributed by atoms with Gasteiger partial charge in [-0.15, -0.1) is 0 Å². The molecule has 1 fully saturated rings. The summed E-state index contributed by atoms with van der Waals surface area (Å²) in [5, 5.41) is 3.66. The number of carbonyl (C=O) groups excluding carboxylic acids is 1. The van der Waals surface area contributed by atoms with Crippen molar-refractivity contribution in [2.75, 3.05) is 38.1 Å². The molecule has 2 aromatic rings. The minimum atomic E-state index is -3.53. The molecular formula is C20H25ClN4O3S. The van der Waals surface area contributed by atoms with Gasteiger partial charge in [-0.1, -0.05) is 35.9 Å². The van der Waals surface area contributed by atoms with Crippen molar-refractivity contribution in [3.63, 3.8) is 0 Å². The van der Waals surface area contributed by atoms with Gasteiger partial charge in [-0.25, -0.2) is 17.9 Å². The van der Waals surface area contributed by atoms with Gasteiger partial charge in [0.05, 0.1) is 21.6 Å². The number of nitrogens with one attached hydrogen (secondary N) is 2. The van der Waals surface area contributed by atoms with Gasteiger partial charge >= 0.3 is 6.03 Å². The summed E-state index contributed by atoms with van der Waals surface area (Å²) in [7, 11) is -2.16. The number of amides is 2. The Morgan fingerprint density at radius 2 is 1.76 bits per heavy atom. The Morgan fingerprint density at radius 1 is 1.07 bits per heavy atom. The number of urea groups is 1. The van der Waals surface area contributed by atoms with Crippen molar-refractivity contribution in [3.8, 4) is 0 Å². The second-order valence-electron chi connectivity index (χ2n) is 6.88. The van der Waals surface area contributed by atoms with Crippen LogP contribution in [0.2, 0.25) is 5.02 Å². The van der Waals surface area contributed by atoms with Crippen molar-refractivity contribution in [2.24, 2.45) is 0 Å². The lowest BCUT2D eigenvalue weighted by molar-refractivity contribution is 0.191. The lowest BCUT2D eigenvalue weighted by Gasteiger charge is -2.37. The Bertz CT molecular complexity index is 975. The Kier molecular flexibility index (Phi) is 6.66.